The normalized spacial score (nSPS) is 17.0. The van der Waals surface area contributed by atoms with Gasteiger partial charge in [-0.15, -0.1) is 11.8 Å². The zero-order valence-electron chi connectivity index (χ0n) is 19.0. The van der Waals surface area contributed by atoms with Crippen molar-refractivity contribution in [3.8, 4) is 0 Å². The Labute approximate surface area is 209 Å². The molecule has 4 rings (SSSR count). The average Bonchev–Trinajstić information content (AvgIpc) is 2.85. The fourth-order valence-electron chi connectivity index (χ4n) is 4.36. The Morgan fingerprint density at radius 2 is 1.91 bits per heavy atom. The van der Waals surface area contributed by atoms with Gasteiger partial charge < -0.3 is 10.2 Å². The van der Waals surface area contributed by atoms with Gasteiger partial charge in [-0.05, 0) is 42.7 Å². The van der Waals surface area contributed by atoms with Crippen molar-refractivity contribution in [2.75, 3.05) is 24.2 Å². The third kappa shape index (κ3) is 5.43. The van der Waals surface area contributed by atoms with Crippen molar-refractivity contribution in [1.82, 2.24) is 9.62 Å². The van der Waals surface area contributed by atoms with Gasteiger partial charge >= 0.3 is 0 Å². The highest BCUT2D eigenvalue weighted by molar-refractivity contribution is 8.00. The summed E-state index contributed by atoms with van der Waals surface area (Å²) in [5, 5.41) is 3.35. The summed E-state index contributed by atoms with van der Waals surface area (Å²) >= 11 is 7.50. The molecule has 0 spiro atoms. The lowest BCUT2D eigenvalue weighted by molar-refractivity contribution is -0.123. The largest absolute Gasteiger partial charge is 0.350 e. The van der Waals surface area contributed by atoms with E-state index in [4.69, 9.17) is 11.6 Å². The van der Waals surface area contributed by atoms with Crippen molar-refractivity contribution in [2.24, 2.45) is 0 Å². The van der Waals surface area contributed by atoms with E-state index in [-0.39, 0.29) is 41.6 Å². The predicted octanol–water partition coefficient (Wildman–Crippen LogP) is 4.05. The number of amides is 2. The second-order valence-corrected chi connectivity index (χ2v) is 12.0. The molecule has 1 fully saturated rings. The topological polar surface area (TPSA) is 86.8 Å². The average molecular weight is 522 g/mol. The van der Waals surface area contributed by atoms with Gasteiger partial charge in [0.25, 0.3) is 0 Å². The monoisotopic (exact) mass is 521 g/mol. The number of rotatable bonds is 7. The molecule has 0 unspecified atom stereocenters. The number of sulfonamides is 1. The smallest absolute Gasteiger partial charge is 0.243 e. The van der Waals surface area contributed by atoms with Gasteiger partial charge in [-0.3, -0.25) is 9.59 Å². The SMILES string of the molecule is CN(C1CCCCC1)S(=O)(=O)c1ccc2c(c1)N(CC(=O)NCc1ccccc1Cl)C(=O)CS2. The van der Waals surface area contributed by atoms with Crippen LogP contribution in [-0.4, -0.2) is 49.9 Å². The molecule has 2 amide bonds. The summed E-state index contributed by atoms with van der Waals surface area (Å²) in [4.78, 5) is 27.7. The zero-order chi connectivity index (χ0) is 24.3. The van der Waals surface area contributed by atoms with E-state index in [2.05, 4.69) is 5.32 Å². The minimum atomic E-state index is -3.72. The number of thioether (sulfide) groups is 1. The first-order valence-electron chi connectivity index (χ1n) is 11.3. The molecule has 0 aromatic heterocycles. The van der Waals surface area contributed by atoms with E-state index in [9.17, 15) is 18.0 Å². The molecule has 1 heterocycles. The molecule has 0 bridgehead atoms. The number of carbonyl (C=O) groups is 2. The molecule has 182 valence electrons. The Morgan fingerprint density at radius 3 is 2.65 bits per heavy atom. The second-order valence-electron chi connectivity index (χ2n) is 8.58. The molecule has 0 radical (unpaired) electrons. The Kier molecular flexibility index (Phi) is 7.87. The molecule has 1 aliphatic carbocycles. The van der Waals surface area contributed by atoms with E-state index in [0.29, 0.717) is 10.7 Å². The second kappa shape index (κ2) is 10.7. The number of fused-ring (bicyclic) bond motifs is 1. The molecule has 2 aromatic rings. The van der Waals surface area contributed by atoms with Crippen LogP contribution in [0.15, 0.2) is 52.3 Å². The number of carbonyl (C=O) groups excluding carboxylic acids is 2. The number of benzene rings is 2. The van der Waals surface area contributed by atoms with E-state index in [1.54, 1.807) is 25.2 Å². The highest BCUT2D eigenvalue weighted by Crippen LogP contribution is 2.38. The fourth-order valence-corrected chi connectivity index (χ4v) is 6.91. The van der Waals surface area contributed by atoms with Crippen LogP contribution in [0.3, 0.4) is 0 Å². The third-order valence-corrected chi connectivity index (χ3v) is 9.70. The minimum Gasteiger partial charge on any atom is -0.350 e. The first-order valence-corrected chi connectivity index (χ1v) is 14.1. The van der Waals surface area contributed by atoms with Crippen molar-refractivity contribution in [2.45, 2.75) is 54.5 Å². The standard InChI is InChI=1S/C24H28ClN3O4S2/c1-27(18-8-3-2-4-9-18)34(31,32)19-11-12-22-21(13-19)28(24(30)16-33-22)15-23(29)26-14-17-7-5-6-10-20(17)25/h5-7,10-13,18H,2-4,8-9,14-16H2,1H3,(H,26,29). The maximum atomic E-state index is 13.3. The molecule has 1 aliphatic heterocycles. The zero-order valence-corrected chi connectivity index (χ0v) is 21.4. The van der Waals surface area contributed by atoms with Crippen molar-refractivity contribution >= 4 is 50.9 Å². The van der Waals surface area contributed by atoms with Gasteiger partial charge in [-0.1, -0.05) is 49.1 Å². The summed E-state index contributed by atoms with van der Waals surface area (Å²) < 4.78 is 28.2. The summed E-state index contributed by atoms with van der Waals surface area (Å²) in [6, 6.07) is 12.0. The van der Waals surface area contributed by atoms with Gasteiger partial charge in [0.05, 0.1) is 16.3 Å². The summed E-state index contributed by atoms with van der Waals surface area (Å²) in [6.07, 6.45) is 4.89. The molecule has 1 saturated carbocycles. The van der Waals surface area contributed by atoms with Crippen LogP contribution in [0, 0.1) is 0 Å². The van der Waals surface area contributed by atoms with Crippen LogP contribution >= 0.6 is 23.4 Å². The maximum absolute atomic E-state index is 13.3. The Bertz CT molecular complexity index is 1180. The molecule has 7 nitrogen and oxygen atoms in total. The third-order valence-electron chi connectivity index (χ3n) is 6.37. The van der Waals surface area contributed by atoms with Crippen LogP contribution in [-0.2, 0) is 26.2 Å². The summed E-state index contributed by atoms with van der Waals surface area (Å²) in [5.41, 5.74) is 1.23. The number of hydrogen-bond donors (Lipinski definition) is 1. The lowest BCUT2D eigenvalue weighted by Crippen LogP contribution is -2.43. The van der Waals surface area contributed by atoms with Gasteiger partial charge in [-0.2, -0.15) is 4.31 Å². The van der Waals surface area contributed by atoms with Crippen LogP contribution in [0.5, 0.6) is 0 Å². The molecule has 2 aromatic carbocycles. The van der Waals surface area contributed by atoms with Crippen LogP contribution in [0.25, 0.3) is 0 Å². The summed E-state index contributed by atoms with van der Waals surface area (Å²) in [6.45, 7) is 0.0432. The molecule has 1 N–H and O–H groups in total. The van der Waals surface area contributed by atoms with Crippen molar-refractivity contribution in [1.29, 1.82) is 0 Å². The molecule has 2 aliphatic rings. The maximum Gasteiger partial charge on any atom is 0.243 e. The number of hydrogen-bond acceptors (Lipinski definition) is 5. The van der Waals surface area contributed by atoms with E-state index in [1.807, 2.05) is 18.2 Å². The highest BCUT2D eigenvalue weighted by atomic mass is 35.5. The highest BCUT2D eigenvalue weighted by Gasteiger charge is 2.32. The van der Waals surface area contributed by atoms with E-state index < -0.39 is 10.0 Å². The van der Waals surface area contributed by atoms with E-state index >= 15 is 0 Å². The molecular weight excluding hydrogens is 494 g/mol. The fraction of sp³-hybridized carbons (Fsp3) is 0.417. The van der Waals surface area contributed by atoms with Crippen LogP contribution in [0.4, 0.5) is 5.69 Å². The quantitative estimate of drug-likeness (QED) is 0.594. The van der Waals surface area contributed by atoms with E-state index in [1.165, 1.54) is 27.0 Å². The van der Waals surface area contributed by atoms with Crippen molar-refractivity contribution in [3.63, 3.8) is 0 Å². The number of anilines is 1. The van der Waals surface area contributed by atoms with Crippen molar-refractivity contribution in [3.05, 3.63) is 53.1 Å². The Balaban J connectivity index is 1.53. The van der Waals surface area contributed by atoms with Gasteiger partial charge in [-0.25, -0.2) is 8.42 Å². The first kappa shape index (κ1) is 25.0. The molecule has 0 saturated heterocycles. The van der Waals surface area contributed by atoms with Gasteiger partial charge in [0.15, 0.2) is 0 Å². The Hall–Kier alpha value is -2.07. The number of nitrogens with zero attached hydrogens (tertiary/aromatic N) is 2. The Morgan fingerprint density at radius 1 is 1.18 bits per heavy atom. The summed E-state index contributed by atoms with van der Waals surface area (Å²) in [7, 11) is -2.09. The van der Waals surface area contributed by atoms with Crippen LogP contribution in [0.2, 0.25) is 5.02 Å². The molecule has 34 heavy (non-hydrogen) atoms. The summed E-state index contributed by atoms with van der Waals surface area (Å²) in [5.74, 6) is -0.391. The van der Waals surface area contributed by atoms with Crippen molar-refractivity contribution < 1.29 is 18.0 Å². The molecular formula is C24H28ClN3O4S2. The number of halogens is 1. The van der Waals surface area contributed by atoms with Gasteiger partial charge in [0.2, 0.25) is 21.8 Å². The van der Waals surface area contributed by atoms with Gasteiger partial charge in [0.1, 0.15) is 6.54 Å². The molecule has 0 atom stereocenters. The van der Waals surface area contributed by atoms with Gasteiger partial charge in [0, 0.05) is 29.6 Å². The predicted molar refractivity (Wildman–Crippen MR) is 135 cm³/mol. The minimum absolute atomic E-state index is 0.0162. The first-order chi connectivity index (χ1) is 16.3. The number of nitrogens with one attached hydrogen (secondary N) is 1. The molecule has 10 heteroatoms. The lowest BCUT2D eigenvalue weighted by atomic mass is 9.96. The van der Waals surface area contributed by atoms with E-state index in [0.717, 1.165) is 42.6 Å². The lowest BCUT2D eigenvalue weighted by Gasteiger charge is -2.32. The van der Waals surface area contributed by atoms with Crippen LogP contribution < -0.4 is 10.2 Å². The van der Waals surface area contributed by atoms with Crippen LogP contribution in [0.1, 0.15) is 37.7 Å².